The molecule has 6 heteroatoms. The molecule has 1 saturated carbocycles. The van der Waals surface area contributed by atoms with Gasteiger partial charge in [-0.1, -0.05) is 18.9 Å². The van der Waals surface area contributed by atoms with Crippen LogP contribution in [0.15, 0.2) is 18.2 Å². The van der Waals surface area contributed by atoms with Gasteiger partial charge in [0.25, 0.3) is 0 Å². The van der Waals surface area contributed by atoms with Crippen LogP contribution in [-0.4, -0.2) is 57.3 Å². The maximum Gasteiger partial charge on any atom is 0.227 e. The summed E-state index contributed by atoms with van der Waals surface area (Å²) >= 11 is 0. The third-order valence-electron chi connectivity index (χ3n) is 6.17. The van der Waals surface area contributed by atoms with Gasteiger partial charge in [0.2, 0.25) is 11.8 Å². The Hall–Kier alpha value is -2.37. The number of fused-ring (bicyclic) bond motifs is 1. The van der Waals surface area contributed by atoms with E-state index in [1.165, 1.54) is 12.8 Å². The molecule has 2 heterocycles. The summed E-state index contributed by atoms with van der Waals surface area (Å²) in [4.78, 5) is 33.7. The van der Waals surface area contributed by atoms with Gasteiger partial charge in [-0.3, -0.25) is 9.59 Å². The molecule has 2 fully saturated rings. The molecule has 0 spiro atoms. The van der Waals surface area contributed by atoms with E-state index in [9.17, 15) is 9.59 Å². The molecular formula is C21H28N4O2. The summed E-state index contributed by atoms with van der Waals surface area (Å²) in [5, 5.41) is 0. The van der Waals surface area contributed by atoms with Gasteiger partial charge in [0.05, 0.1) is 17.5 Å². The van der Waals surface area contributed by atoms with Crippen molar-refractivity contribution in [1.29, 1.82) is 0 Å². The highest BCUT2D eigenvalue weighted by molar-refractivity contribution is 5.83. The Balaban J connectivity index is 1.35. The molecule has 1 aliphatic heterocycles. The second-order valence-corrected chi connectivity index (χ2v) is 7.91. The maximum atomic E-state index is 12.7. The lowest BCUT2D eigenvalue weighted by Gasteiger charge is -2.36. The minimum atomic E-state index is 0.134. The Labute approximate surface area is 160 Å². The lowest BCUT2D eigenvalue weighted by Crippen LogP contribution is -2.52. The third-order valence-corrected chi connectivity index (χ3v) is 6.17. The van der Waals surface area contributed by atoms with E-state index in [-0.39, 0.29) is 11.8 Å². The molecule has 2 aromatic rings. The second-order valence-electron chi connectivity index (χ2n) is 7.91. The zero-order valence-electron chi connectivity index (χ0n) is 16.3. The first kappa shape index (κ1) is 18.0. The highest BCUT2D eigenvalue weighted by atomic mass is 16.2. The van der Waals surface area contributed by atoms with Crippen LogP contribution in [0.3, 0.4) is 0 Å². The number of piperazine rings is 1. The Morgan fingerprint density at radius 1 is 1.07 bits per heavy atom. The van der Waals surface area contributed by atoms with Gasteiger partial charge in [-0.25, -0.2) is 4.98 Å². The Morgan fingerprint density at radius 2 is 1.74 bits per heavy atom. The largest absolute Gasteiger partial charge is 0.339 e. The van der Waals surface area contributed by atoms with Crippen LogP contribution in [0, 0.1) is 12.8 Å². The highest BCUT2D eigenvalue weighted by Gasteiger charge is 2.30. The number of hydrogen-bond acceptors (Lipinski definition) is 3. The lowest BCUT2D eigenvalue weighted by molar-refractivity contribution is -0.141. The Morgan fingerprint density at radius 3 is 2.44 bits per heavy atom. The zero-order chi connectivity index (χ0) is 19.0. The minimum Gasteiger partial charge on any atom is -0.339 e. The molecular weight excluding hydrogens is 340 g/mol. The molecule has 4 rings (SSSR count). The van der Waals surface area contributed by atoms with Crippen molar-refractivity contribution in [3.05, 3.63) is 29.6 Å². The molecule has 144 valence electrons. The summed E-state index contributed by atoms with van der Waals surface area (Å²) < 4.78 is 2.06. The summed E-state index contributed by atoms with van der Waals surface area (Å²) in [6, 6.07) is 6.07. The molecule has 1 aromatic carbocycles. The van der Waals surface area contributed by atoms with E-state index in [2.05, 4.69) is 9.55 Å². The van der Waals surface area contributed by atoms with Crippen LogP contribution in [0.2, 0.25) is 0 Å². The fourth-order valence-corrected chi connectivity index (χ4v) is 4.37. The van der Waals surface area contributed by atoms with Crippen LogP contribution in [0.25, 0.3) is 11.0 Å². The normalized spacial score (nSPS) is 18.4. The van der Waals surface area contributed by atoms with Gasteiger partial charge in [0.15, 0.2) is 0 Å². The molecule has 1 aromatic heterocycles. The predicted octanol–water partition coefficient (Wildman–Crippen LogP) is 2.29. The van der Waals surface area contributed by atoms with Gasteiger partial charge in [0.1, 0.15) is 5.82 Å². The number of carbonyl (C=O) groups excluding carboxylic acids is 2. The number of benzene rings is 1. The highest BCUT2D eigenvalue weighted by Crippen LogP contribution is 2.27. The molecule has 2 aliphatic rings. The van der Waals surface area contributed by atoms with Crippen LogP contribution in [0.4, 0.5) is 0 Å². The number of hydrogen-bond donors (Lipinski definition) is 0. The average molecular weight is 368 g/mol. The van der Waals surface area contributed by atoms with E-state index >= 15 is 0 Å². The van der Waals surface area contributed by atoms with Crippen LogP contribution < -0.4 is 0 Å². The Bertz CT molecular complexity index is 858. The van der Waals surface area contributed by atoms with Crippen LogP contribution in [0.5, 0.6) is 0 Å². The number of amides is 2. The van der Waals surface area contributed by atoms with E-state index < -0.39 is 0 Å². The monoisotopic (exact) mass is 368 g/mol. The van der Waals surface area contributed by atoms with Crippen molar-refractivity contribution >= 4 is 22.8 Å². The standard InChI is InChI=1S/C21H28N4O2/c1-15-22-18-13-16(7-8-19(18)23(15)2)14-20(26)24-9-11-25(12-10-24)21(27)17-5-3-4-6-17/h7-8,13,17H,3-6,9-12,14H2,1-2H3. The van der Waals surface area contributed by atoms with Crippen molar-refractivity contribution in [3.8, 4) is 0 Å². The molecule has 27 heavy (non-hydrogen) atoms. The van der Waals surface area contributed by atoms with Gasteiger partial charge in [0, 0.05) is 39.1 Å². The fraction of sp³-hybridized carbons (Fsp3) is 0.571. The first-order valence-corrected chi connectivity index (χ1v) is 10.0. The Kier molecular flexibility index (Phi) is 4.89. The van der Waals surface area contributed by atoms with Crippen molar-refractivity contribution in [2.75, 3.05) is 26.2 Å². The number of aryl methyl sites for hydroxylation is 2. The minimum absolute atomic E-state index is 0.134. The van der Waals surface area contributed by atoms with E-state index in [1.807, 2.05) is 42.0 Å². The van der Waals surface area contributed by atoms with E-state index in [1.54, 1.807) is 0 Å². The van der Waals surface area contributed by atoms with Crippen molar-refractivity contribution < 1.29 is 9.59 Å². The third kappa shape index (κ3) is 3.57. The first-order chi connectivity index (χ1) is 13.0. The average Bonchev–Trinajstić information content (AvgIpc) is 3.30. The molecule has 2 amide bonds. The molecule has 0 radical (unpaired) electrons. The number of aromatic nitrogens is 2. The van der Waals surface area contributed by atoms with Crippen molar-refractivity contribution in [2.24, 2.45) is 13.0 Å². The topological polar surface area (TPSA) is 58.4 Å². The fourth-order valence-electron chi connectivity index (χ4n) is 4.37. The van der Waals surface area contributed by atoms with Gasteiger partial charge in [-0.05, 0) is 37.5 Å². The van der Waals surface area contributed by atoms with Gasteiger partial charge >= 0.3 is 0 Å². The quantitative estimate of drug-likeness (QED) is 0.835. The first-order valence-electron chi connectivity index (χ1n) is 10.0. The second kappa shape index (κ2) is 7.33. The van der Waals surface area contributed by atoms with Crippen LogP contribution in [0.1, 0.15) is 37.1 Å². The van der Waals surface area contributed by atoms with E-state index in [0.717, 1.165) is 35.3 Å². The molecule has 6 nitrogen and oxygen atoms in total. The SMILES string of the molecule is Cc1nc2cc(CC(=O)N3CCN(C(=O)C4CCCC4)CC3)ccc2n1C. The number of rotatable bonds is 3. The van der Waals surface area contributed by atoms with E-state index in [4.69, 9.17) is 0 Å². The van der Waals surface area contributed by atoms with Crippen molar-refractivity contribution in [2.45, 2.75) is 39.0 Å². The number of nitrogens with zero attached hydrogens (tertiary/aromatic N) is 4. The maximum absolute atomic E-state index is 12.7. The van der Waals surface area contributed by atoms with Gasteiger partial charge in [-0.2, -0.15) is 0 Å². The lowest BCUT2D eigenvalue weighted by atomic mass is 10.1. The van der Waals surface area contributed by atoms with Crippen molar-refractivity contribution in [1.82, 2.24) is 19.4 Å². The molecule has 0 atom stereocenters. The summed E-state index contributed by atoms with van der Waals surface area (Å²) in [7, 11) is 2.00. The number of imidazole rings is 1. The van der Waals surface area contributed by atoms with E-state index in [0.29, 0.717) is 38.5 Å². The van der Waals surface area contributed by atoms with Gasteiger partial charge < -0.3 is 14.4 Å². The smallest absolute Gasteiger partial charge is 0.227 e. The zero-order valence-corrected chi connectivity index (χ0v) is 16.3. The summed E-state index contributed by atoms with van der Waals surface area (Å²) in [5.41, 5.74) is 3.02. The van der Waals surface area contributed by atoms with Crippen molar-refractivity contribution in [3.63, 3.8) is 0 Å². The summed E-state index contributed by atoms with van der Waals surface area (Å²) in [6.45, 7) is 4.60. The summed E-state index contributed by atoms with van der Waals surface area (Å²) in [6.07, 6.45) is 4.81. The molecule has 0 unspecified atom stereocenters. The van der Waals surface area contributed by atoms with Crippen LogP contribution in [-0.2, 0) is 23.1 Å². The summed E-state index contributed by atoms with van der Waals surface area (Å²) in [5.74, 6) is 1.63. The molecule has 0 N–H and O–H groups in total. The van der Waals surface area contributed by atoms with Gasteiger partial charge in [-0.15, -0.1) is 0 Å². The molecule has 0 bridgehead atoms. The predicted molar refractivity (Wildman–Crippen MR) is 104 cm³/mol. The molecule has 1 aliphatic carbocycles. The molecule has 1 saturated heterocycles. The number of carbonyl (C=O) groups is 2. The van der Waals surface area contributed by atoms with Crippen LogP contribution >= 0.6 is 0 Å².